The van der Waals surface area contributed by atoms with Gasteiger partial charge in [0.2, 0.25) is 5.91 Å². The van der Waals surface area contributed by atoms with E-state index >= 15 is 0 Å². The largest absolute Gasteiger partial charge is 0.457 e. The van der Waals surface area contributed by atoms with Crippen molar-refractivity contribution in [3.63, 3.8) is 0 Å². The number of anilines is 1. The van der Waals surface area contributed by atoms with Crippen LogP contribution in [0.3, 0.4) is 0 Å². The molecular formula is C19H21NO4S. The zero-order chi connectivity index (χ0) is 17.9. The van der Waals surface area contributed by atoms with Gasteiger partial charge in [-0.3, -0.25) is 4.79 Å². The Morgan fingerprint density at radius 2 is 1.48 bits per heavy atom. The predicted molar refractivity (Wildman–Crippen MR) is 96.7 cm³/mol. The molecule has 3 rings (SSSR count). The first kappa shape index (κ1) is 17.5. The van der Waals surface area contributed by atoms with Gasteiger partial charge in [0.05, 0.1) is 4.90 Å². The summed E-state index contributed by atoms with van der Waals surface area (Å²) in [5.41, 5.74) is 0.747. The maximum atomic E-state index is 12.1. The lowest BCUT2D eigenvalue weighted by Crippen LogP contribution is -2.20. The number of hydrogen-bond donors (Lipinski definition) is 1. The summed E-state index contributed by atoms with van der Waals surface area (Å²) < 4.78 is 28.6. The van der Waals surface area contributed by atoms with Crippen LogP contribution in [0.1, 0.15) is 25.7 Å². The van der Waals surface area contributed by atoms with Gasteiger partial charge in [-0.2, -0.15) is 0 Å². The number of carbonyl (C=O) groups is 1. The molecule has 0 aliphatic heterocycles. The Hall–Kier alpha value is -2.34. The van der Waals surface area contributed by atoms with Crippen LogP contribution in [0.5, 0.6) is 11.5 Å². The number of benzene rings is 2. The Kier molecular flexibility index (Phi) is 5.08. The van der Waals surface area contributed by atoms with E-state index in [1.54, 1.807) is 36.4 Å². The first-order chi connectivity index (χ1) is 11.9. The van der Waals surface area contributed by atoms with Crippen LogP contribution in [0, 0.1) is 5.92 Å². The van der Waals surface area contributed by atoms with E-state index in [4.69, 9.17) is 4.74 Å². The van der Waals surface area contributed by atoms with Gasteiger partial charge in [-0.15, -0.1) is 0 Å². The number of rotatable bonds is 5. The molecule has 0 saturated heterocycles. The molecule has 1 amide bonds. The number of ether oxygens (including phenoxy) is 1. The van der Waals surface area contributed by atoms with Crippen LogP contribution in [0.15, 0.2) is 53.4 Å². The fourth-order valence-electron chi connectivity index (χ4n) is 2.93. The van der Waals surface area contributed by atoms with Gasteiger partial charge in [0, 0.05) is 17.9 Å². The molecule has 1 saturated carbocycles. The van der Waals surface area contributed by atoms with Gasteiger partial charge < -0.3 is 10.1 Å². The van der Waals surface area contributed by atoms with Crippen molar-refractivity contribution in [2.24, 2.45) is 5.92 Å². The molecule has 25 heavy (non-hydrogen) atoms. The van der Waals surface area contributed by atoms with Crippen LogP contribution < -0.4 is 10.1 Å². The number of amides is 1. The van der Waals surface area contributed by atoms with Crippen molar-refractivity contribution < 1.29 is 17.9 Å². The van der Waals surface area contributed by atoms with Crippen LogP contribution in [-0.2, 0) is 14.6 Å². The molecule has 0 atom stereocenters. The van der Waals surface area contributed by atoms with E-state index in [-0.39, 0.29) is 16.7 Å². The minimum Gasteiger partial charge on any atom is -0.457 e. The summed E-state index contributed by atoms with van der Waals surface area (Å²) in [6.45, 7) is 0. The molecule has 0 heterocycles. The van der Waals surface area contributed by atoms with Gasteiger partial charge in [0.15, 0.2) is 9.84 Å². The average Bonchev–Trinajstić information content (AvgIpc) is 3.11. The second-order valence-electron chi connectivity index (χ2n) is 6.34. The van der Waals surface area contributed by atoms with E-state index in [0.29, 0.717) is 11.5 Å². The lowest BCUT2D eigenvalue weighted by Gasteiger charge is -2.11. The topological polar surface area (TPSA) is 72.5 Å². The highest BCUT2D eigenvalue weighted by molar-refractivity contribution is 7.90. The number of nitrogens with one attached hydrogen (secondary N) is 1. The Labute approximate surface area is 147 Å². The normalized spacial score (nSPS) is 15.1. The summed E-state index contributed by atoms with van der Waals surface area (Å²) in [6.07, 6.45) is 5.36. The maximum Gasteiger partial charge on any atom is 0.227 e. The van der Waals surface area contributed by atoms with Crippen molar-refractivity contribution in [1.82, 2.24) is 0 Å². The third kappa shape index (κ3) is 4.60. The predicted octanol–water partition coefficient (Wildman–Crippen LogP) is 4.01. The van der Waals surface area contributed by atoms with Crippen molar-refractivity contribution >= 4 is 21.4 Å². The third-order valence-electron chi connectivity index (χ3n) is 4.34. The van der Waals surface area contributed by atoms with Crippen molar-refractivity contribution in [2.45, 2.75) is 30.6 Å². The highest BCUT2D eigenvalue weighted by Gasteiger charge is 2.22. The molecule has 1 N–H and O–H groups in total. The maximum absolute atomic E-state index is 12.1. The molecular weight excluding hydrogens is 338 g/mol. The third-order valence-corrected chi connectivity index (χ3v) is 5.46. The lowest BCUT2D eigenvalue weighted by atomic mass is 10.1. The standard InChI is InChI=1S/C19H21NO4S/c1-25(22,23)18-12-10-17(11-13-18)24-16-8-6-15(7-9-16)20-19(21)14-4-2-3-5-14/h6-14H,2-5H2,1H3,(H,20,21). The second-order valence-corrected chi connectivity index (χ2v) is 8.36. The lowest BCUT2D eigenvalue weighted by molar-refractivity contribution is -0.119. The summed E-state index contributed by atoms with van der Waals surface area (Å²) in [5.74, 6) is 1.38. The summed E-state index contributed by atoms with van der Waals surface area (Å²) in [7, 11) is -3.21. The Morgan fingerprint density at radius 3 is 2.00 bits per heavy atom. The molecule has 1 aliphatic rings. The molecule has 6 heteroatoms. The van der Waals surface area contributed by atoms with Crippen LogP contribution in [0.2, 0.25) is 0 Å². The summed E-state index contributed by atoms with van der Waals surface area (Å²) in [4.78, 5) is 12.4. The molecule has 0 spiro atoms. The van der Waals surface area contributed by atoms with E-state index in [2.05, 4.69) is 5.32 Å². The Bertz CT molecular complexity index is 836. The molecule has 0 radical (unpaired) electrons. The Balaban J connectivity index is 1.61. The van der Waals surface area contributed by atoms with Gasteiger partial charge in [-0.25, -0.2) is 8.42 Å². The van der Waals surface area contributed by atoms with Crippen LogP contribution in [-0.4, -0.2) is 20.6 Å². The molecule has 0 unspecified atom stereocenters. The molecule has 2 aromatic rings. The van der Waals surface area contributed by atoms with Gasteiger partial charge >= 0.3 is 0 Å². The zero-order valence-electron chi connectivity index (χ0n) is 14.1. The van der Waals surface area contributed by atoms with Crippen molar-refractivity contribution in [1.29, 1.82) is 0 Å². The van der Waals surface area contributed by atoms with Crippen LogP contribution in [0.4, 0.5) is 5.69 Å². The molecule has 132 valence electrons. The molecule has 0 aromatic heterocycles. The molecule has 5 nitrogen and oxygen atoms in total. The zero-order valence-corrected chi connectivity index (χ0v) is 14.9. The number of hydrogen-bond acceptors (Lipinski definition) is 4. The quantitative estimate of drug-likeness (QED) is 0.875. The fourth-order valence-corrected chi connectivity index (χ4v) is 3.56. The highest BCUT2D eigenvalue weighted by atomic mass is 32.2. The number of sulfone groups is 1. The Morgan fingerprint density at radius 1 is 0.960 bits per heavy atom. The van der Waals surface area contributed by atoms with Gasteiger partial charge in [0.1, 0.15) is 11.5 Å². The van der Waals surface area contributed by atoms with Crippen molar-refractivity contribution in [3.8, 4) is 11.5 Å². The van der Waals surface area contributed by atoms with Crippen LogP contribution >= 0.6 is 0 Å². The van der Waals surface area contributed by atoms with Crippen molar-refractivity contribution in [3.05, 3.63) is 48.5 Å². The van der Waals surface area contributed by atoms with Gasteiger partial charge in [-0.1, -0.05) is 12.8 Å². The first-order valence-corrected chi connectivity index (χ1v) is 10.2. The average molecular weight is 359 g/mol. The van der Waals surface area contributed by atoms with E-state index in [1.165, 1.54) is 18.4 Å². The minimum absolute atomic E-state index is 0.0857. The SMILES string of the molecule is CS(=O)(=O)c1ccc(Oc2ccc(NC(=O)C3CCCC3)cc2)cc1. The highest BCUT2D eigenvalue weighted by Crippen LogP contribution is 2.27. The van der Waals surface area contributed by atoms with Gasteiger partial charge in [0.25, 0.3) is 0 Å². The van der Waals surface area contributed by atoms with E-state index in [0.717, 1.165) is 31.4 Å². The molecule has 1 aliphatic carbocycles. The minimum atomic E-state index is -3.21. The summed E-state index contributed by atoms with van der Waals surface area (Å²) >= 11 is 0. The van der Waals surface area contributed by atoms with E-state index in [1.807, 2.05) is 0 Å². The molecule has 2 aromatic carbocycles. The monoisotopic (exact) mass is 359 g/mol. The first-order valence-electron chi connectivity index (χ1n) is 8.31. The van der Waals surface area contributed by atoms with Gasteiger partial charge in [-0.05, 0) is 61.4 Å². The summed E-state index contributed by atoms with van der Waals surface area (Å²) in [5, 5.41) is 2.94. The second kappa shape index (κ2) is 7.27. The smallest absolute Gasteiger partial charge is 0.227 e. The van der Waals surface area contributed by atoms with E-state index in [9.17, 15) is 13.2 Å². The fraction of sp³-hybridized carbons (Fsp3) is 0.316. The van der Waals surface area contributed by atoms with E-state index < -0.39 is 9.84 Å². The number of carbonyl (C=O) groups excluding carboxylic acids is 1. The van der Waals surface area contributed by atoms with Crippen molar-refractivity contribution in [2.75, 3.05) is 11.6 Å². The molecule has 1 fully saturated rings. The summed E-state index contributed by atoms with van der Waals surface area (Å²) in [6, 6.07) is 13.4. The van der Waals surface area contributed by atoms with Crippen LogP contribution in [0.25, 0.3) is 0 Å². The molecule has 0 bridgehead atoms.